The average Bonchev–Trinajstić information content (AvgIpc) is 3.77. The molecule has 57 heavy (non-hydrogen) atoms. The number of esters is 4. The third kappa shape index (κ3) is 25.0. The van der Waals surface area contributed by atoms with E-state index in [0.717, 1.165) is 25.3 Å². The molecular formula is C37H51BrCl4I2N2O11. The van der Waals surface area contributed by atoms with Crippen LogP contribution in [0.3, 0.4) is 0 Å². The summed E-state index contributed by atoms with van der Waals surface area (Å²) in [7, 11) is 2.88. The van der Waals surface area contributed by atoms with Crippen molar-refractivity contribution < 1.29 is 52.5 Å². The molecule has 1 amide bonds. The fourth-order valence-corrected chi connectivity index (χ4v) is 4.67. The number of alkyl halides is 4. The van der Waals surface area contributed by atoms with Gasteiger partial charge in [-0.25, -0.2) is 19.2 Å². The number of likely N-dealkylation sites (N-methyl/N-ethyl adjacent to an activating group) is 1. The summed E-state index contributed by atoms with van der Waals surface area (Å²) in [5, 5.41) is -0.406. The molecule has 324 valence electrons. The molecule has 2 aromatic rings. The number of rotatable bonds is 11. The monoisotopic (exact) mass is 1170 g/mol. The van der Waals surface area contributed by atoms with Crippen LogP contribution in [0, 0.1) is 7.14 Å². The number of nitrogens with two attached hydrogens (primary N) is 1. The van der Waals surface area contributed by atoms with Crippen LogP contribution in [0.25, 0.3) is 0 Å². The fourth-order valence-electron chi connectivity index (χ4n) is 3.60. The Morgan fingerprint density at radius 3 is 1.26 bits per heavy atom. The summed E-state index contributed by atoms with van der Waals surface area (Å²) < 4.78 is 24.2. The first-order valence-electron chi connectivity index (χ1n) is 17.1. The van der Waals surface area contributed by atoms with Crippen molar-refractivity contribution in [2.75, 3.05) is 53.7 Å². The molecule has 0 aromatic heterocycles. The van der Waals surface area contributed by atoms with E-state index >= 15 is 0 Å². The highest BCUT2D eigenvalue weighted by Gasteiger charge is 2.50. The van der Waals surface area contributed by atoms with E-state index in [4.69, 9.17) is 60.6 Å². The minimum absolute atomic E-state index is 0.0966. The molecule has 2 N–H and O–H groups in total. The predicted octanol–water partition coefficient (Wildman–Crippen LogP) is 8.54. The zero-order valence-corrected chi connectivity index (χ0v) is 41.9. The van der Waals surface area contributed by atoms with Gasteiger partial charge in [0.25, 0.3) is 11.1 Å². The van der Waals surface area contributed by atoms with Crippen molar-refractivity contribution in [3.05, 3.63) is 66.8 Å². The van der Waals surface area contributed by atoms with Crippen LogP contribution in [0.4, 0.5) is 0 Å². The number of ether oxygens (including phenoxy) is 5. The highest BCUT2D eigenvalue weighted by Crippen LogP contribution is 2.22. The van der Waals surface area contributed by atoms with Crippen molar-refractivity contribution in [3.8, 4) is 0 Å². The van der Waals surface area contributed by atoms with Gasteiger partial charge in [0.05, 0.1) is 26.4 Å². The molecule has 0 radical (unpaired) electrons. The van der Waals surface area contributed by atoms with Gasteiger partial charge >= 0.3 is 23.9 Å². The number of hydrogen-bond donors (Lipinski definition) is 1. The van der Waals surface area contributed by atoms with Crippen LogP contribution in [0.2, 0.25) is 0 Å². The zero-order chi connectivity index (χ0) is 44.8. The third-order valence-electron chi connectivity index (χ3n) is 6.63. The normalized spacial score (nSPS) is 11.3. The van der Waals surface area contributed by atoms with Crippen LogP contribution in [-0.2, 0) is 42.9 Å². The maximum absolute atomic E-state index is 12.6. The molecule has 0 aliphatic carbocycles. The number of amides is 1. The predicted molar refractivity (Wildman–Crippen MR) is 244 cm³/mol. The molecular weight excluding hydrogens is 1120 g/mol. The molecule has 1 saturated heterocycles. The smallest absolute Gasteiger partial charge is 0.343 e. The minimum atomic E-state index is -1.84. The number of halogens is 7. The standard InChI is InChI=1S/C16H20INO5.C8H13BrO4.C7H4ClIO.C4H8O.CHCl3.CH5N/c1-5-22-14(20)16(3,15(21)23-6-2)18(4)13(19)11-7-9-12(17)10-8-11;1-4-12-6(10)8(3,9)7(11)13-5-2;8-7(10)5-1-3-6(9)4-2-5;1-2-4-5-3-1;2-1(3)4;1-2/h7-10H,5-6H2,1-4H3;4-5H2,1-3H3;1-4H;1-4H2;1H;2H2,1H3. The largest absolute Gasteiger partial charge is 0.465 e. The van der Waals surface area contributed by atoms with Crippen molar-refractivity contribution in [2.24, 2.45) is 5.73 Å². The van der Waals surface area contributed by atoms with E-state index in [-0.39, 0.29) is 26.4 Å². The molecule has 0 atom stereocenters. The van der Waals surface area contributed by atoms with Gasteiger partial charge in [0, 0.05) is 38.5 Å². The Labute approximate surface area is 391 Å². The first-order valence-corrected chi connectivity index (χ1v) is 21.8. The molecule has 13 nitrogen and oxygen atoms in total. The Bertz CT molecular complexity index is 1440. The number of nitrogens with zero attached hydrogens (tertiary/aromatic N) is 1. The highest BCUT2D eigenvalue weighted by atomic mass is 127. The zero-order valence-electron chi connectivity index (χ0n) is 33.0. The maximum atomic E-state index is 12.6. The number of carbonyl (C=O) groups is 6. The molecule has 0 unspecified atom stereocenters. The van der Waals surface area contributed by atoms with Crippen molar-refractivity contribution in [3.63, 3.8) is 0 Å². The lowest BCUT2D eigenvalue weighted by Crippen LogP contribution is -2.59. The van der Waals surface area contributed by atoms with Crippen molar-refractivity contribution in [1.29, 1.82) is 0 Å². The van der Waals surface area contributed by atoms with Gasteiger partial charge in [-0.05, 0) is 167 Å². The summed E-state index contributed by atoms with van der Waals surface area (Å²) in [6.45, 7) is 12.0. The van der Waals surface area contributed by atoms with E-state index in [1.54, 1.807) is 64.1 Å². The van der Waals surface area contributed by atoms with Gasteiger partial charge in [0.2, 0.25) is 9.86 Å². The molecule has 1 heterocycles. The lowest BCUT2D eigenvalue weighted by atomic mass is 9.99. The average molecular weight is 1180 g/mol. The van der Waals surface area contributed by atoms with Crippen molar-refractivity contribution >= 4 is 143 Å². The summed E-state index contributed by atoms with van der Waals surface area (Å²) in [4.78, 5) is 71.2. The van der Waals surface area contributed by atoms with Crippen molar-refractivity contribution in [1.82, 2.24) is 4.90 Å². The number of hydrogen-bond acceptors (Lipinski definition) is 12. The van der Waals surface area contributed by atoms with E-state index in [0.29, 0.717) is 11.1 Å². The maximum Gasteiger partial charge on any atom is 0.343 e. The molecule has 1 fully saturated rings. The summed E-state index contributed by atoms with van der Waals surface area (Å²) in [6, 6.07) is 13.9. The molecule has 1 aliphatic rings. The minimum Gasteiger partial charge on any atom is -0.465 e. The van der Waals surface area contributed by atoms with Crippen LogP contribution in [0.1, 0.15) is 75.1 Å². The van der Waals surface area contributed by atoms with Gasteiger partial charge in [0.15, 0.2) is 4.30 Å². The lowest BCUT2D eigenvalue weighted by molar-refractivity contribution is -0.170. The van der Waals surface area contributed by atoms with Crippen LogP contribution in [-0.4, -0.2) is 108 Å². The van der Waals surface area contributed by atoms with E-state index in [2.05, 4.69) is 76.3 Å². The Morgan fingerprint density at radius 2 is 1.00 bits per heavy atom. The van der Waals surface area contributed by atoms with Crippen LogP contribution in [0.5, 0.6) is 0 Å². The summed E-state index contributed by atoms with van der Waals surface area (Å²) >= 11 is 26.9. The van der Waals surface area contributed by atoms with Gasteiger partial charge in [-0.2, -0.15) is 0 Å². The third-order valence-corrected chi connectivity index (χ3v) is 8.93. The SMILES string of the molecule is C1CCOC1.CCOC(=O)C(C)(Br)C(=O)OCC.CCOC(=O)C(C)(C(=O)OCC)N(C)C(=O)c1ccc(I)cc1.CN.ClC(Cl)Cl.O=C(Cl)c1ccc(I)cc1. The Hall–Kier alpha value is -1.52. The molecule has 3 rings (SSSR count). The first-order chi connectivity index (χ1) is 26.7. The number of benzene rings is 2. The second-order valence-corrected chi connectivity index (χ2v) is 17.1. The summed E-state index contributed by atoms with van der Waals surface area (Å²) in [5.74, 6) is -3.37. The summed E-state index contributed by atoms with van der Waals surface area (Å²) in [5.41, 5.74) is 3.57. The van der Waals surface area contributed by atoms with Crippen molar-refractivity contribution in [2.45, 2.75) is 68.5 Å². The van der Waals surface area contributed by atoms with Crippen LogP contribution >= 0.6 is 108 Å². The van der Waals surface area contributed by atoms with E-state index in [9.17, 15) is 28.8 Å². The van der Waals surface area contributed by atoms with Crippen LogP contribution in [0.15, 0.2) is 48.5 Å². The summed E-state index contributed by atoms with van der Waals surface area (Å²) in [6.07, 6.45) is 2.56. The Morgan fingerprint density at radius 1 is 0.702 bits per heavy atom. The van der Waals surface area contributed by atoms with Gasteiger partial charge in [0.1, 0.15) is 0 Å². The van der Waals surface area contributed by atoms with Gasteiger partial charge in [-0.3, -0.25) is 9.59 Å². The first kappa shape index (κ1) is 59.8. The number of carbonyl (C=O) groups excluding carboxylic acids is 6. The van der Waals surface area contributed by atoms with Gasteiger partial charge in [-0.15, -0.1) is 0 Å². The highest BCUT2D eigenvalue weighted by molar-refractivity contribution is 14.1. The second-order valence-electron chi connectivity index (χ2n) is 10.7. The fraction of sp³-hybridized carbons (Fsp3) is 0.514. The Balaban J connectivity index is -0.000000720. The van der Waals surface area contributed by atoms with Crippen LogP contribution < -0.4 is 5.73 Å². The van der Waals surface area contributed by atoms with E-state index in [1.165, 1.54) is 40.8 Å². The molecule has 1 aliphatic heterocycles. The lowest BCUT2D eigenvalue weighted by Gasteiger charge is -2.34. The second kappa shape index (κ2) is 34.2. The topological polar surface area (TPSA) is 178 Å². The van der Waals surface area contributed by atoms with E-state index < -0.39 is 49.2 Å². The Kier molecular flexibility index (Phi) is 35.9. The molecule has 0 spiro atoms. The molecule has 20 heteroatoms. The quantitative estimate of drug-likeness (QED) is 0.0567. The van der Waals surface area contributed by atoms with E-state index in [1.807, 2.05) is 12.1 Å². The molecule has 2 aromatic carbocycles. The molecule has 0 bridgehead atoms. The van der Waals surface area contributed by atoms with Gasteiger partial charge in [-0.1, -0.05) is 50.7 Å². The molecule has 0 saturated carbocycles. The van der Waals surface area contributed by atoms with Gasteiger partial charge < -0.3 is 34.3 Å².